The maximum Gasteiger partial charge on any atom is 0.326 e. The molecule has 0 spiro atoms. The van der Waals surface area contributed by atoms with Crippen molar-refractivity contribution in [2.24, 2.45) is 11.5 Å². The van der Waals surface area contributed by atoms with Crippen LogP contribution in [0.15, 0.2) is 12.5 Å². The Bertz CT molecular complexity index is 874. The van der Waals surface area contributed by atoms with Gasteiger partial charge in [-0.15, -0.1) is 0 Å². The molecule has 16 heteroatoms. The van der Waals surface area contributed by atoms with Gasteiger partial charge in [-0.05, 0) is 0 Å². The highest BCUT2D eigenvalue weighted by Crippen LogP contribution is 2.01. The van der Waals surface area contributed by atoms with Crippen molar-refractivity contribution >= 4 is 35.6 Å². The van der Waals surface area contributed by atoms with Crippen LogP contribution in [0, 0.1) is 0 Å². The molecule has 0 aliphatic carbocycles. The average Bonchev–Trinajstić information content (AvgIpc) is 3.22. The van der Waals surface area contributed by atoms with Crippen molar-refractivity contribution in [3.05, 3.63) is 18.2 Å². The number of aromatic amines is 1. The van der Waals surface area contributed by atoms with Crippen LogP contribution in [0.3, 0.4) is 0 Å². The van der Waals surface area contributed by atoms with Crippen LogP contribution in [0.1, 0.15) is 18.5 Å². The molecule has 1 rings (SSSR count). The summed E-state index contributed by atoms with van der Waals surface area (Å²) in [5.74, 6) is -7.37. The molecule has 0 bridgehead atoms. The van der Waals surface area contributed by atoms with Gasteiger partial charge in [-0.2, -0.15) is 0 Å². The van der Waals surface area contributed by atoms with E-state index in [-0.39, 0.29) is 6.42 Å². The molecule has 0 aliphatic heterocycles. The number of hydrogen-bond acceptors (Lipinski definition) is 9. The van der Waals surface area contributed by atoms with Crippen LogP contribution in [0.2, 0.25) is 0 Å². The SMILES string of the molecule is NC(=O)CC(NC(=O)C(CO)NC(=O)C(N)Cc1cnc[nH]1)C(=O)NC(CC(=O)O)C(=O)O. The molecular weight excluding hydrogens is 446 g/mol. The van der Waals surface area contributed by atoms with Gasteiger partial charge in [-0.3, -0.25) is 24.0 Å². The lowest BCUT2D eigenvalue weighted by Crippen LogP contribution is -2.58. The lowest BCUT2D eigenvalue weighted by atomic mass is 10.1. The Morgan fingerprint density at radius 2 is 1.52 bits per heavy atom. The number of nitrogens with zero attached hydrogens (tertiary/aromatic N) is 1. The Morgan fingerprint density at radius 3 is 2.00 bits per heavy atom. The molecule has 0 saturated carbocycles. The lowest BCUT2D eigenvalue weighted by Gasteiger charge is -2.23. The number of primary amides is 1. The second kappa shape index (κ2) is 12.7. The van der Waals surface area contributed by atoms with Crippen LogP contribution in [-0.4, -0.2) is 91.6 Å². The van der Waals surface area contributed by atoms with E-state index in [0.717, 1.165) is 0 Å². The number of hydrogen-bond donors (Lipinski definition) is 9. The maximum atomic E-state index is 12.5. The standard InChI is InChI=1S/C17H25N7O9/c18-8(1-7-4-20-6-21-7)14(29)24-11(5-25)16(31)22-9(2-12(19)26)15(30)23-10(17(32)33)3-13(27)28/h4,6,8-11,25H,1-3,5,18H2,(H2,19,26)(H,20,21)(H,22,31)(H,23,30)(H,24,29)(H,27,28)(H,32,33). The number of aliphatic hydroxyl groups is 1. The molecule has 1 heterocycles. The van der Waals surface area contributed by atoms with Gasteiger partial charge >= 0.3 is 11.9 Å². The Balaban J connectivity index is 2.83. The number of H-pyrrole nitrogens is 1. The maximum absolute atomic E-state index is 12.5. The van der Waals surface area contributed by atoms with E-state index in [1.165, 1.54) is 12.5 Å². The number of nitrogens with two attached hydrogens (primary N) is 2. The molecule has 4 unspecified atom stereocenters. The van der Waals surface area contributed by atoms with E-state index < -0.39 is 79.2 Å². The third-order valence-corrected chi connectivity index (χ3v) is 4.18. The number of aromatic nitrogens is 2. The molecule has 1 aromatic rings. The van der Waals surface area contributed by atoms with Gasteiger partial charge in [0.1, 0.15) is 18.1 Å². The summed E-state index contributed by atoms with van der Waals surface area (Å²) in [4.78, 5) is 76.7. The van der Waals surface area contributed by atoms with Gasteiger partial charge in [0.15, 0.2) is 0 Å². The van der Waals surface area contributed by atoms with Gasteiger partial charge in [0, 0.05) is 18.3 Å². The molecule has 0 saturated heterocycles. The van der Waals surface area contributed by atoms with E-state index in [9.17, 15) is 33.9 Å². The Kier molecular flexibility index (Phi) is 10.4. The number of rotatable bonds is 14. The normalized spacial score (nSPS) is 14.2. The van der Waals surface area contributed by atoms with Crippen molar-refractivity contribution in [1.82, 2.24) is 25.9 Å². The number of amides is 4. The zero-order valence-corrected chi connectivity index (χ0v) is 17.2. The van der Waals surface area contributed by atoms with Gasteiger partial charge in [0.2, 0.25) is 23.6 Å². The molecule has 33 heavy (non-hydrogen) atoms. The molecule has 4 amide bonds. The zero-order valence-electron chi connectivity index (χ0n) is 17.2. The number of carbonyl (C=O) groups is 6. The summed E-state index contributed by atoms with van der Waals surface area (Å²) in [6.45, 7) is -0.907. The summed E-state index contributed by atoms with van der Waals surface area (Å²) < 4.78 is 0. The lowest BCUT2D eigenvalue weighted by molar-refractivity contribution is -0.147. The molecule has 4 atom stereocenters. The first-order valence-electron chi connectivity index (χ1n) is 9.42. The van der Waals surface area contributed by atoms with Crippen molar-refractivity contribution in [3.8, 4) is 0 Å². The Morgan fingerprint density at radius 1 is 0.939 bits per heavy atom. The fourth-order valence-corrected chi connectivity index (χ4v) is 2.53. The van der Waals surface area contributed by atoms with Gasteiger partial charge < -0.3 is 47.7 Å². The third kappa shape index (κ3) is 9.32. The van der Waals surface area contributed by atoms with Gasteiger partial charge in [-0.25, -0.2) is 9.78 Å². The van der Waals surface area contributed by atoms with Gasteiger partial charge in [0.05, 0.1) is 31.8 Å². The minimum atomic E-state index is -1.85. The van der Waals surface area contributed by atoms with Crippen LogP contribution in [0.4, 0.5) is 0 Å². The summed E-state index contributed by atoms with van der Waals surface area (Å²) in [5.41, 5.74) is 11.3. The predicted octanol–water partition coefficient (Wildman–Crippen LogP) is -4.84. The van der Waals surface area contributed by atoms with E-state index in [0.29, 0.717) is 5.69 Å². The highest BCUT2D eigenvalue weighted by Gasteiger charge is 2.31. The van der Waals surface area contributed by atoms with Crippen LogP contribution >= 0.6 is 0 Å². The minimum Gasteiger partial charge on any atom is -0.481 e. The minimum absolute atomic E-state index is 0.0401. The fourth-order valence-electron chi connectivity index (χ4n) is 2.53. The van der Waals surface area contributed by atoms with Crippen LogP contribution in [0.25, 0.3) is 0 Å². The van der Waals surface area contributed by atoms with E-state index >= 15 is 0 Å². The largest absolute Gasteiger partial charge is 0.481 e. The molecule has 0 radical (unpaired) electrons. The molecule has 0 aliphatic rings. The summed E-state index contributed by atoms with van der Waals surface area (Å²) in [6.07, 6.45) is 1.10. The first kappa shape index (κ1) is 27.0. The fraction of sp³-hybridized carbons (Fsp3) is 0.471. The Hall–Kier alpha value is -4.05. The first-order chi connectivity index (χ1) is 15.4. The van der Waals surface area contributed by atoms with E-state index in [1.54, 1.807) is 0 Å². The van der Waals surface area contributed by atoms with Crippen molar-refractivity contribution in [2.75, 3.05) is 6.61 Å². The smallest absolute Gasteiger partial charge is 0.326 e. The summed E-state index contributed by atoms with van der Waals surface area (Å²) >= 11 is 0. The molecule has 16 nitrogen and oxygen atoms in total. The van der Waals surface area contributed by atoms with Gasteiger partial charge in [0.25, 0.3) is 0 Å². The average molecular weight is 471 g/mol. The summed E-state index contributed by atoms with van der Waals surface area (Å²) in [7, 11) is 0. The number of aliphatic hydroxyl groups excluding tert-OH is 1. The zero-order chi connectivity index (χ0) is 25.1. The monoisotopic (exact) mass is 471 g/mol. The van der Waals surface area contributed by atoms with E-state index in [4.69, 9.17) is 21.7 Å². The second-order valence-corrected chi connectivity index (χ2v) is 6.86. The summed E-state index contributed by atoms with van der Waals surface area (Å²) in [5, 5.41) is 33.4. The Labute approximate surface area is 186 Å². The number of nitrogens with one attached hydrogen (secondary N) is 4. The van der Waals surface area contributed by atoms with Crippen LogP contribution in [0.5, 0.6) is 0 Å². The molecule has 182 valence electrons. The van der Waals surface area contributed by atoms with Crippen LogP contribution < -0.4 is 27.4 Å². The number of carboxylic acids is 2. The highest BCUT2D eigenvalue weighted by atomic mass is 16.4. The molecule has 1 aromatic heterocycles. The molecule has 0 fully saturated rings. The molecule has 0 aromatic carbocycles. The number of aliphatic carboxylic acids is 2. The molecular formula is C17H25N7O9. The van der Waals surface area contributed by atoms with E-state index in [2.05, 4.69) is 20.6 Å². The second-order valence-electron chi connectivity index (χ2n) is 6.86. The van der Waals surface area contributed by atoms with Crippen LogP contribution in [-0.2, 0) is 35.2 Å². The van der Waals surface area contributed by atoms with Crippen molar-refractivity contribution in [1.29, 1.82) is 0 Å². The van der Waals surface area contributed by atoms with E-state index in [1.807, 2.05) is 5.32 Å². The highest BCUT2D eigenvalue weighted by molar-refractivity contribution is 5.96. The van der Waals surface area contributed by atoms with Crippen molar-refractivity contribution in [3.63, 3.8) is 0 Å². The van der Waals surface area contributed by atoms with Crippen molar-refractivity contribution in [2.45, 2.75) is 43.4 Å². The molecule has 11 N–H and O–H groups in total. The predicted molar refractivity (Wildman–Crippen MR) is 107 cm³/mol. The first-order valence-corrected chi connectivity index (χ1v) is 9.42. The topological polar surface area (TPSA) is 280 Å². The number of imidazole rings is 1. The van der Waals surface area contributed by atoms with Gasteiger partial charge in [-0.1, -0.05) is 0 Å². The quantitative estimate of drug-likeness (QED) is 0.124. The number of carboxylic acid groups (broad SMARTS) is 2. The number of carbonyl (C=O) groups excluding carboxylic acids is 4. The van der Waals surface area contributed by atoms with Crippen molar-refractivity contribution < 1.29 is 44.1 Å². The third-order valence-electron chi connectivity index (χ3n) is 4.18. The summed E-state index contributed by atoms with van der Waals surface area (Å²) in [6, 6.07) is -6.27.